The van der Waals surface area contributed by atoms with Gasteiger partial charge in [-0.15, -0.1) is 0 Å². The minimum absolute atomic E-state index is 0.958. The highest BCUT2D eigenvalue weighted by Crippen LogP contribution is 2.14. The van der Waals surface area contributed by atoms with E-state index in [1.54, 1.807) is 0 Å². The molecule has 1 heterocycles. The van der Waals surface area contributed by atoms with E-state index in [0.717, 1.165) is 5.38 Å². The number of halogens is 1. The molecule has 0 radical (unpaired) electrons. The molecular weight excluding hydrogens is 108 g/mol. The van der Waals surface area contributed by atoms with E-state index in [1.807, 2.05) is 0 Å². The minimum Gasteiger partial charge on any atom is -0.0599 e. The van der Waals surface area contributed by atoms with Gasteiger partial charge in [-0.1, -0.05) is 6.92 Å². The molecule has 1 aliphatic heterocycles. The van der Waals surface area contributed by atoms with E-state index >= 15 is 0 Å². The fourth-order valence-electron chi connectivity index (χ4n) is 0.920. The van der Waals surface area contributed by atoms with Gasteiger partial charge in [0.25, 0.3) is 0 Å². The third-order valence-corrected chi connectivity index (χ3v) is 2.87. The Labute approximate surface area is 49.0 Å². The summed E-state index contributed by atoms with van der Waals surface area (Å²) in [5.74, 6) is 1.36. The molecule has 1 saturated heterocycles. The molecule has 0 saturated carbocycles. The molecule has 1 rings (SSSR count). The highest BCUT2D eigenvalue weighted by molar-refractivity contribution is 4.55. The third-order valence-electron chi connectivity index (χ3n) is 1.42. The lowest BCUT2D eigenvalue weighted by molar-refractivity contribution is -0.670. The minimum atomic E-state index is 0.958. The Bertz CT molecular complexity index is 46.1. The van der Waals surface area contributed by atoms with Crippen LogP contribution in [0.25, 0.3) is 0 Å². The van der Waals surface area contributed by atoms with Gasteiger partial charge in [0.15, 0.2) is 11.3 Å². The molecule has 0 aromatic heterocycles. The van der Waals surface area contributed by atoms with Gasteiger partial charge >= 0.3 is 0 Å². The average Bonchev–Trinajstić information content (AvgIpc) is 2.14. The Balaban J connectivity index is 2.14. The fourth-order valence-corrected chi connectivity index (χ4v) is 2.06. The van der Waals surface area contributed by atoms with Crippen molar-refractivity contribution in [3.8, 4) is 0 Å². The molecule has 7 heavy (non-hydrogen) atoms. The molecule has 0 amide bonds. The molecular formula is C6H12Cl+. The summed E-state index contributed by atoms with van der Waals surface area (Å²) >= 11 is 0. The lowest BCUT2D eigenvalue weighted by atomic mass is 10.2. The first-order valence-corrected chi connectivity index (χ1v) is 3.98. The molecule has 1 aliphatic rings. The van der Waals surface area contributed by atoms with E-state index < -0.39 is 0 Å². The quantitative estimate of drug-likeness (QED) is 0.461. The van der Waals surface area contributed by atoms with Gasteiger partial charge in [0.05, 0.1) is 0 Å². The Kier molecular flexibility index (Phi) is 1.99. The Hall–Kier alpha value is 0.290. The van der Waals surface area contributed by atoms with Crippen LogP contribution in [0, 0.1) is 10.8 Å². The number of alkyl halides is 2. The Morgan fingerprint density at radius 3 is 2.86 bits per heavy atom. The van der Waals surface area contributed by atoms with Crippen molar-refractivity contribution in [1.82, 2.24) is 0 Å². The van der Waals surface area contributed by atoms with Gasteiger partial charge in [0, 0.05) is 19.3 Å². The lowest BCUT2D eigenvalue weighted by Crippen LogP contribution is -1.98. The SMILES string of the molecule is CCC1CCC[Cl+]1. The van der Waals surface area contributed by atoms with E-state index in [-0.39, 0.29) is 0 Å². The van der Waals surface area contributed by atoms with Gasteiger partial charge in [-0.05, 0) is 0 Å². The predicted molar refractivity (Wildman–Crippen MR) is 28.2 cm³/mol. The molecule has 0 bridgehead atoms. The van der Waals surface area contributed by atoms with Gasteiger partial charge in [-0.3, -0.25) is 0 Å². The van der Waals surface area contributed by atoms with Crippen LogP contribution in [0.2, 0.25) is 0 Å². The van der Waals surface area contributed by atoms with Crippen LogP contribution in [0.5, 0.6) is 0 Å². The first-order chi connectivity index (χ1) is 3.43. The van der Waals surface area contributed by atoms with Crippen molar-refractivity contribution in [2.75, 3.05) is 5.88 Å². The van der Waals surface area contributed by atoms with Crippen molar-refractivity contribution in [2.24, 2.45) is 0 Å². The molecule has 0 aromatic carbocycles. The Morgan fingerprint density at radius 1 is 1.71 bits per heavy atom. The first kappa shape index (κ1) is 5.43. The zero-order chi connectivity index (χ0) is 5.11. The van der Waals surface area contributed by atoms with Crippen LogP contribution < -0.4 is 0 Å². The topological polar surface area (TPSA) is 0 Å². The van der Waals surface area contributed by atoms with Gasteiger partial charge in [-0.25, -0.2) is 0 Å². The summed E-state index contributed by atoms with van der Waals surface area (Å²) in [5, 5.41) is 0.958. The van der Waals surface area contributed by atoms with E-state index in [2.05, 4.69) is 17.7 Å². The molecule has 0 N–H and O–H groups in total. The van der Waals surface area contributed by atoms with E-state index in [9.17, 15) is 0 Å². The van der Waals surface area contributed by atoms with Gasteiger partial charge < -0.3 is 0 Å². The molecule has 0 aliphatic carbocycles. The van der Waals surface area contributed by atoms with Crippen molar-refractivity contribution in [3.05, 3.63) is 0 Å². The summed E-state index contributed by atoms with van der Waals surface area (Å²) in [4.78, 5) is 0. The summed E-state index contributed by atoms with van der Waals surface area (Å²) < 4.78 is 0. The maximum Gasteiger partial charge on any atom is 0.182 e. The molecule has 1 unspecified atom stereocenters. The zero-order valence-corrected chi connectivity index (χ0v) is 5.54. The Morgan fingerprint density at radius 2 is 2.57 bits per heavy atom. The van der Waals surface area contributed by atoms with Crippen LogP contribution in [0.4, 0.5) is 0 Å². The average molecular weight is 120 g/mol. The van der Waals surface area contributed by atoms with Gasteiger partial charge in [0.1, 0.15) is 10.8 Å². The largest absolute Gasteiger partial charge is 0.182 e. The summed E-state index contributed by atoms with van der Waals surface area (Å²) in [6.45, 7) is 2.27. The second-order valence-electron chi connectivity index (χ2n) is 1.99. The second kappa shape index (κ2) is 2.56. The van der Waals surface area contributed by atoms with Gasteiger partial charge in [-0.2, -0.15) is 0 Å². The standard InChI is InChI=1S/C6H12Cl/c1-2-6-4-3-5-7-6/h6H,2-5H2,1H3/q+1. The maximum atomic E-state index is 2.56. The van der Waals surface area contributed by atoms with Crippen LogP contribution >= 0.6 is 0 Å². The predicted octanol–water partition coefficient (Wildman–Crippen LogP) is 1.64. The third kappa shape index (κ3) is 1.34. The van der Waals surface area contributed by atoms with Crippen molar-refractivity contribution in [2.45, 2.75) is 31.6 Å². The molecule has 1 heteroatoms. The fraction of sp³-hybridized carbons (Fsp3) is 1.00. The summed E-state index contributed by atoms with van der Waals surface area (Å²) in [6.07, 6.45) is 4.24. The van der Waals surface area contributed by atoms with E-state index in [0.29, 0.717) is 0 Å². The normalized spacial score (nSPS) is 31.3. The second-order valence-corrected chi connectivity index (χ2v) is 3.29. The molecule has 1 fully saturated rings. The highest BCUT2D eigenvalue weighted by Gasteiger charge is 2.25. The molecule has 1 atom stereocenters. The maximum absolute atomic E-state index is 2.56. The van der Waals surface area contributed by atoms with Crippen LogP contribution in [0.1, 0.15) is 26.2 Å². The summed E-state index contributed by atoms with van der Waals surface area (Å²) in [5.41, 5.74) is 0. The lowest BCUT2D eigenvalue weighted by Gasteiger charge is -1.86. The smallest absolute Gasteiger partial charge is 0.0599 e. The van der Waals surface area contributed by atoms with E-state index in [4.69, 9.17) is 0 Å². The van der Waals surface area contributed by atoms with Crippen molar-refractivity contribution in [1.29, 1.82) is 0 Å². The van der Waals surface area contributed by atoms with Crippen molar-refractivity contribution >= 4 is 0 Å². The molecule has 0 nitrogen and oxygen atoms in total. The van der Waals surface area contributed by atoms with Crippen molar-refractivity contribution in [3.63, 3.8) is 0 Å². The summed E-state index contributed by atoms with van der Waals surface area (Å²) in [7, 11) is 2.56. The first-order valence-electron chi connectivity index (χ1n) is 3.01. The number of hydrogen-bond donors (Lipinski definition) is 0. The van der Waals surface area contributed by atoms with Crippen LogP contribution in [-0.2, 0) is 0 Å². The highest BCUT2D eigenvalue weighted by atomic mass is 35.5. The van der Waals surface area contributed by atoms with Crippen LogP contribution in [0.15, 0.2) is 0 Å². The monoisotopic (exact) mass is 119 g/mol. The molecule has 0 spiro atoms. The van der Waals surface area contributed by atoms with Crippen LogP contribution in [0.3, 0.4) is 0 Å². The molecule has 0 aromatic rings. The van der Waals surface area contributed by atoms with Gasteiger partial charge in [0.2, 0.25) is 0 Å². The van der Waals surface area contributed by atoms with Crippen LogP contribution in [-0.4, -0.2) is 11.3 Å². The van der Waals surface area contributed by atoms with E-state index in [1.165, 1.54) is 25.1 Å². The summed E-state index contributed by atoms with van der Waals surface area (Å²) in [6, 6.07) is 0. The van der Waals surface area contributed by atoms with Crippen molar-refractivity contribution < 1.29 is 10.8 Å². The number of hydrogen-bond acceptors (Lipinski definition) is 0. The molecule has 42 valence electrons. The number of rotatable bonds is 1. The zero-order valence-electron chi connectivity index (χ0n) is 4.78.